The first-order chi connectivity index (χ1) is 8.62. The number of amides is 1. The molecular weight excluding hydrogens is 226 g/mol. The zero-order chi connectivity index (χ0) is 13.4. The van der Waals surface area contributed by atoms with Crippen LogP contribution in [0.2, 0.25) is 0 Å². The minimum Gasteiger partial charge on any atom is -0.338 e. The number of nitrogens with zero attached hydrogens (tertiary/aromatic N) is 2. The number of piperidine rings is 1. The third kappa shape index (κ3) is 4.66. The van der Waals surface area contributed by atoms with E-state index in [0.717, 1.165) is 38.8 Å². The van der Waals surface area contributed by atoms with Gasteiger partial charge in [0.25, 0.3) is 0 Å². The van der Waals surface area contributed by atoms with Crippen LogP contribution in [-0.2, 0) is 4.79 Å². The maximum Gasteiger partial charge on any atom is 0.221 e. The summed E-state index contributed by atoms with van der Waals surface area (Å²) in [5.41, 5.74) is -0.617. The molecule has 0 aromatic rings. The van der Waals surface area contributed by atoms with E-state index in [-0.39, 0.29) is 5.91 Å². The summed E-state index contributed by atoms with van der Waals surface area (Å²) in [6.45, 7) is 3.91. The summed E-state index contributed by atoms with van der Waals surface area (Å²) in [7, 11) is 2.05. The number of nitriles is 1. The van der Waals surface area contributed by atoms with Crippen LogP contribution in [0, 0.1) is 11.3 Å². The number of likely N-dealkylation sites (tertiary alicyclic amines) is 1. The number of unbranched alkanes of at least 4 members (excludes halogenated alkanes) is 3. The highest BCUT2D eigenvalue weighted by atomic mass is 16.1. The van der Waals surface area contributed by atoms with Gasteiger partial charge in [-0.05, 0) is 26.3 Å². The van der Waals surface area contributed by atoms with Crippen LogP contribution in [-0.4, -0.2) is 36.5 Å². The number of carbonyl (C=O) groups is 1. The predicted octanol–water partition coefficient (Wildman–Crippen LogP) is 2.06. The van der Waals surface area contributed by atoms with Gasteiger partial charge in [-0.2, -0.15) is 5.26 Å². The molecule has 1 heterocycles. The second kappa shape index (κ2) is 7.38. The molecule has 1 aliphatic heterocycles. The highest BCUT2D eigenvalue weighted by Gasteiger charge is 2.34. The highest BCUT2D eigenvalue weighted by Crippen LogP contribution is 2.21. The number of carbonyl (C=O) groups excluding carboxylic acids is 1. The van der Waals surface area contributed by atoms with Crippen molar-refractivity contribution in [2.45, 2.75) is 57.4 Å². The van der Waals surface area contributed by atoms with Crippen LogP contribution in [0.4, 0.5) is 0 Å². The van der Waals surface area contributed by atoms with Crippen LogP contribution in [0.15, 0.2) is 0 Å². The monoisotopic (exact) mass is 251 g/mol. The zero-order valence-corrected chi connectivity index (χ0v) is 11.7. The van der Waals surface area contributed by atoms with E-state index >= 15 is 0 Å². The van der Waals surface area contributed by atoms with Crippen LogP contribution < -0.4 is 5.32 Å². The molecule has 0 aromatic heterocycles. The molecule has 0 saturated carbocycles. The van der Waals surface area contributed by atoms with Gasteiger partial charge < -0.3 is 10.2 Å². The number of hydrogen-bond acceptors (Lipinski definition) is 3. The Labute approximate surface area is 110 Å². The molecule has 0 atom stereocenters. The van der Waals surface area contributed by atoms with Crippen molar-refractivity contribution in [2.24, 2.45) is 0 Å². The molecule has 0 unspecified atom stereocenters. The largest absolute Gasteiger partial charge is 0.338 e. The van der Waals surface area contributed by atoms with Crippen molar-refractivity contribution in [1.29, 1.82) is 5.26 Å². The smallest absolute Gasteiger partial charge is 0.221 e. The number of nitrogens with one attached hydrogen (secondary N) is 1. The van der Waals surface area contributed by atoms with Crippen LogP contribution in [0.1, 0.15) is 51.9 Å². The summed E-state index contributed by atoms with van der Waals surface area (Å²) in [5.74, 6) is 0.0391. The SMILES string of the molecule is CCCCCCC(=O)NC1(C#N)CCN(C)CC1. The lowest BCUT2D eigenvalue weighted by Crippen LogP contribution is -2.53. The Kier molecular flexibility index (Phi) is 6.14. The van der Waals surface area contributed by atoms with Crippen molar-refractivity contribution in [3.8, 4) is 6.07 Å². The fraction of sp³-hybridized carbons (Fsp3) is 0.857. The van der Waals surface area contributed by atoms with Crippen molar-refractivity contribution >= 4 is 5.91 Å². The lowest BCUT2D eigenvalue weighted by molar-refractivity contribution is -0.123. The minimum atomic E-state index is -0.617. The van der Waals surface area contributed by atoms with Gasteiger partial charge in [-0.25, -0.2) is 0 Å². The summed E-state index contributed by atoms with van der Waals surface area (Å²) >= 11 is 0. The molecule has 0 radical (unpaired) electrons. The van der Waals surface area contributed by atoms with Crippen LogP contribution >= 0.6 is 0 Å². The standard InChI is InChI=1S/C14H25N3O/c1-3-4-5-6-7-13(18)16-14(12-15)8-10-17(2)11-9-14/h3-11H2,1-2H3,(H,16,18). The quantitative estimate of drug-likeness (QED) is 0.735. The highest BCUT2D eigenvalue weighted by molar-refractivity contribution is 5.77. The summed E-state index contributed by atoms with van der Waals surface area (Å²) < 4.78 is 0. The molecule has 0 spiro atoms. The second-order valence-corrected chi connectivity index (χ2v) is 5.36. The first-order valence-electron chi connectivity index (χ1n) is 7.03. The van der Waals surface area contributed by atoms with Gasteiger partial charge in [0.05, 0.1) is 6.07 Å². The summed E-state index contributed by atoms with van der Waals surface area (Å²) in [6, 6.07) is 2.31. The Hall–Kier alpha value is -1.08. The Morgan fingerprint density at radius 1 is 1.33 bits per heavy atom. The Balaban J connectivity index is 2.34. The van der Waals surface area contributed by atoms with Crippen molar-refractivity contribution in [2.75, 3.05) is 20.1 Å². The van der Waals surface area contributed by atoms with E-state index in [2.05, 4.69) is 23.2 Å². The molecule has 4 heteroatoms. The average Bonchev–Trinajstić information content (AvgIpc) is 2.38. The fourth-order valence-corrected chi connectivity index (χ4v) is 2.31. The number of hydrogen-bond donors (Lipinski definition) is 1. The van der Waals surface area contributed by atoms with Crippen molar-refractivity contribution in [3.63, 3.8) is 0 Å². The van der Waals surface area contributed by atoms with Gasteiger partial charge in [0.2, 0.25) is 5.91 Å². The van der Waals surface area contributed by atoms with E-state index < -0.39 is 5.54 Å². The van der Waals surface area contributed by atoms with Crippen molar-refractivity contribution < 1.29 is 4.79 Å². The van der Waals surface area contributed by atoms with Gasteiger partial charge in [-0.15, -0.1) is 0 Å². The van der Waals surface area contributed by atoms with E-state index in [9.17, 15) is 10.1 Å². The summed E-state index contributed by atoms with van der Waals surface area (Å²) in [4.78, 5) is 14.0. The summed E-state index contributed by atoms with van der Waals surface area (Å²) in [5, 5.41) is 12.3. The van der Waals surface area contributed by atoms with Gasteiger partial charge >= 0.3 is 0 Å². The van der Waals surface area contributed by atoms with Crippen LogP contribution in [0.25, 0.3) is 0 Å². The molecule has 102 valence electrons. The topological polar surface area (TPSA) is 56.1 Å². The van der Waals surface area contributed by atoms with Crippen molar-refractivity contribution in [1.82, 2.24) is 10.2 Å². The normalized spacial score (nSPS) is 19.2. The third-order valence-electron chi connectivity index (χ3n) is 3.69. The Bertz CT molecular complexity index is 301. The van der Waals surface area contributed by atoms with E-state index in [1.165, 1.54) is 12.8 Å². The lowest BCUT2D eigenvalue weighted by atomic mass is 9.89. The Morgan fingerprint density at radius 3 is 2.56 bits per heavy atom. The molecule has 1 amide bonds. The molecule has 1 fully saturated rings. The first kappa shape index (κ1) is 15.0. The molecule has 1 aliphatic rings. The molecule has 1 rings (SSSR count). The average molecular weight is 251 g/mol. The maximum absolute atomic E-state index is 11.8. The van der Waals surface area contributed by atoms with Gasteiger partial charge in [0.1, 0.15) is 5.54 Å². The van der Waals surface area contributed by atoms with Crippen LogP contribution in [0.5, 0.6) is 0 Å². The fourth-order valence-electron chi connectivity index (χ4n) is 2.31. The van der Waals surface area contributed by atoms with E-state index in [1.54, 1.807) is 0 Å². The van der Waals surface area contributed by atoms with E-state index in [1.807, 2.05) is 7.05 Å². The van der Waals surface area contributed by atoms with E-state index in [0.29, 0.717) is 6.42 Å². The minimum absolute atomic E-state index is 0.0391. The summed E-state index contributed by atoms with van der Waals surface area (Å²) in [6.07, 6.45) is 6.42. The molecule has 1 N–H and O–H groups in total. The zero-order valence-electron chi connectivity index (χ0n) is 11.7. The second-order valence-electron chi connectivity index (χ2n) is 5.36. The van der Waals surface area contributed by atoms with E-state index in [4.69, 9.17) is 0 Å². The molecule has 18 heavy (non-hydrogen) atoms. The molecule has 1 saturated heterocycles. The molecule has 4 nitrogen and oxygen atoms in total. The first-order valence-corrected chi connectivity index (χ1v) is 7.03. The van der Waals surface area contributed by atoms with Crippen LogP contribution in [0.3, 0.4) is 0 Å². The molecular formula is C14H25N3O. The van der Waals surface area contributed by atoms with Gasteiger partial charge in [-0.1, -0.05) is 26.2 Å². The molecule has 0 aromatic carbocycles. The predicted molar refractivity (Wildman–Crippen MR) is 72.0 cm³/mol. The lowest BCUT2D eigenvalue weighted by Gasteiger charge is -2.36. The van der Waals surface area contributed by atoms with Gasteiger partial charge in [0.15, 0.2) is 0 Å². The third-order valence-corrected chi connectivity index (χ3v) is 3.69. The van der Waals surface area contributed by atoms with Gasteiger partial charge in [0, 0.05) is 19.5 Å². The molecule has 0 bridgehead atoms. The molecule has 0 aliphatic carbocycles. The number of rotatable bonds is 6. The maximum atomic E-state index is 11.8. The Morgan fingerprint density at radius 2 is 2.00 bits per heavy atom. The van der Waals surface area contributed by atoms with Crippen molar-refractivity contribution in [3.05, 3.63) is 0 Å². The van der Waals surface area contributed by atoms with Gasteiger partial charge in [-0.3, -0.25) is 4.79 Å².